The first-order valence-electron chi connectivity index (χ1n) is 18.0. The fraction of sp³-hybridized carbons (Fsp3) is 0.568. The summed E-state index contributed by atoms with van der Waals surface area (Å²) in [5.41, 5.74) is 6.49. The summed E-state index contributed by atoms with van der Waals surface area (Å²) in [6.45, 7) is 10.4. The van der Waals surface area contributed by atoms with Gasteiger partial charge in [0.15, 0.2) is 17.8 Å². The Morgan fingerprint density at radius 1 is 1.15 bits per heavy atom. The zero-order valence-corrected chi connectivity index (χ0v) is 33.7. The van der Waals surface area contributed by atoms with Crippen LogP contribution in [0.25, 0.3) is 0 Å². The number of methoxy groups -OCH3 is 2. The molecule has 54 heavy (non-hydrogen) atoms. The third kappa shape index (κ3) is 14.9. The Kier molecular flexibility index (Phi) is 21.3. The van der Waals surface area contributed by atoms with Crippen LogP contribution in [0.4, 0.5) is 4.79 Å². The Labute approximate surface area is 323 Å². The van der Waals surface area contributed by atoms with Gasteiger partial charge >= 0.3 is 6.09 Å². The van der Waals surface area contributed by atoms with E-state index in [-0.39, 0.29) is 48.7 Å². The molecule has 3 aliphatic heterocycles. The first kappa shape index (κ1) is 46.6. The second kappa shape index (κ2) is 24.8. The number of thioether (sulfide) groups is 1. The maximum Gasteiger partial charge on any atom is 0.404 e. The number of hydrogen-bond acceptors (Lipinski definition) is 13. The summed E-state index contributed by atoms with van der Waals surface area (Å²) < 4.78 is 55.4. The van der Waals surface area contributed by atoms with Gasteiger partial charge in [-0.3, -0.25) is 0 Å². The molecule has 1 amide bonds. The number of aromatic hydroxyl groups is 1. The molecule has 3 aliphatic rings. The van der Waals surface area contributed by atoms with E-state index in [1.807, 2.05) is 50.4 Å². The van der Waals surface area contributed by atoms with E-state index in [9.17, 15) is 23.4 Å². The molecule has 0 aliphatic carbocycles. The van der Waals surface area contributed by atoms with Crippen LogP contribution in [-0.4, -0.2) is 113 Å². The van der Waals surface area contributed by atoms with E-state index in [0.29, 0.717) is 30.4 Å². The van der Waals surface area contributed by atoms with Crippen molar-refractivity contribution in [1.29, 1.82) is 0 Å². The summed E-state index contributed by atoms with van der Waals surface area (Å²) in [6.07, 6.45) is 1.99. The number of hydrogen-bond donors (Lipinski definition) is 5. The minimum absolute atomic E-state index is 0.0309. The number of phenols is 1. The highest BCUT2D eigenvalue weighted by Crippen LogP contribution is 2.31. The Morgan fingerprint density at radius 2 is 1.80 bits per heavy atom. The number of fused-ring (bicyclic) bond motifs is 1. The predicted octanol–water partition coefficient (Wildman–Crippen LogP) is 4.54. The molecule has 3 heterocycles. The van der Waals surface area contributed by atoms with Crippen molar-refractivity contribution in [3.63, 3.8) is 0 Å². The van der Waals surface area contributed by atoms with Crippen molar-refractivity contribution in [2.24, 2.45) is 11.7 Å². The maximum atomic E-state index is 13.5. The lowest BCUT2D eigenvalue weighted by atomic mass is 10.0. The average molecular weight is 799 g/mol. The smallest absolute Gasteiger partial charge is 0.404 e. The van der Waals surface area contributed by atoms with Gasteiger partial charge in [0.25, 0.3) is 0 Å². The van der Waals surface area contributed by atoms with Crippen molar-refractivity contribution in [1.82, 2.24) is 14.9 Å². The summed E-state index contributed by atoms with van der Waals surface area (Å²) in [6, 6.07) is 10.4. The van der Waals surface area contributed by atoms with E-state index in [2.05, 4.69) is 23.3 Å². The van der Waals surface area contributed by atoms with Crippen LogP contribution in [-0.2, 0) is 35.4 Å². The Hall–Kier alpha value is -3.58. The van der Waals surface area contributed by atoms with Crippen molar-refractivity contribution in [3.8, 4) is 17.2 Å². The van der Waals surface area contributed by atoms with Crippen LogP contribution in [0, 0.1) is 5.92 Å². The van der Waals surface area contributed by atoms with Crippen LogP contribution in [0.5, 0.6) is 17.2 Å². The van der Waals surface area contributed by atoms with Crippen molar-refractivity contribution < 1.29 is 51.9 Å². The zero-order valence-electron chi connectivity index (χ0n) is 32.1. The van der Waals surface area contributed by atoms with Crippen molar-refractivity contribution >= 4 is 34.2 Å². The summed E-state index contributed by atoms with van der Waals surface area (Å²) in [5, 5.41) is 27.6. The quantitative estimate of drug-likeness (QED) is 0.148. The number of rotatable bonds is 16. The number of sulfonamides is 1. The summed E-state index contributed by atoms with van der Waals surface area (Å²) in [5.74, 6) is 1.26. The third-order valence-electron chi connectivity index (χ3n) is 8.30. The molecule has 5 rings (SSSR count). The molecule has 0 radical (unpaired) electrons. The summed E-state index contributed by atoms with van der Waals surface area (Å²) >= 11 is 1.69. The molecule has 0 saturated carbocycles. The van der Waals surface area contributed by atoms with E-state index >= 15 is 0 Å². The van der Waals surface area contributed by atoms with E-state index in [4.69, 9.17) is 28.5 Å². The molecule has 17 heteroatoms. The Morgan fingerprint density at radius 3 is 2.30 bits per heavy atom. The van der Waals surface area contributed by atoms with Crippen LogP contribution in [0.1, 0.15) is 52.5 Å². The molecular weight excluding hydrogens is 741 g/mol. The van der Waals surface area contributed by atoms with Gasteiger partial charge in [0.2, 0.25) is 10.0 Å². The van der Waals surface area contributed by atoms with Gasteiger partial charge in [-0.25, -0.2) is 13.2 Å². The molecule has 15 nitrogen and oxygen atoms in total. The average Bonchev–Trinajstić information content (AvgIpc) is 3.93. The normalized spacial score (nSPS) is 19.6. The lowest BCUT2D eigenvalue weighted by Gasteiger charge is -2.31. The minimum Gasteiger partial charge on any atom is -0.504 e. The lowest BCUT2D eigenvalue weighted by molar-refractivity contribution is -0.106. The molecule has 0 spiro atoms. The van der Waals surface area contributed by atoms with Crippen LogP contribution in [0.3, 0.4) is 0 Å². The molecule has 2 unspecified atom stereocenters. The molecule has 2 saturated heterocycles. The van der Waals surface area contributed by atoms with Crippen molar-refractivity contribution in [2.75, 3.05) is 53.7 Å². The van der Waals surface area contributed by atoms with Gasteiger partial charge in [-0.15, -0.1) is 11.8 Å². The number of amides is 1. The summed E-state index contributed by atoms with van der Waals surface area (Å²) in [4.78, 5) is 20.7. The highest BCUT2D eigenvalue weighted by Gasteiger charge is 2.34. The number of benzene rings is 2. The standard InChI is InChI=1S/C27H37N3O8S2.C6H10O2.C2H5NO.C2H6/c1-5-12-30(40(34,35)22-10-11-24(31)25(14-22)36-3)15-26(37-4)23(29-27(32)33)13-19-6-8-21(9-7-19)38-16-20-17-39-18(2)28-20;1-3-7-6-5(1)2-4-8-6;3-1-2-4;1-2/h6-11,14,17-18,23,26,28-29,31H,5,12-13,15-16H2,1-4H3,(H,32,33);5-6H,1-4H2;2H,1,3H2;1-2H3/t18?,23-,26?;;;/m0.../s1. The number of nitrogens with two attached hydrogens (primary N) is 1. The molecular formula is C37H58N4O11S2. The largest absolute Gasteiger partial charge is 0.504 e. The maximum absolute atomic E-state index is 13.5. The number of carboxylic acid groups (broad SMARTS) is 1. The first-order chi connectivity index (χ1) is 25.9. The number of ether oxygens (including phenoxy) is 5. The number of nitrogens with one attached hydrogen (secondary N) is 2. The number of carbonyl (C=O) groups is 2. The predicted molar refractivity (Wildman–Crippen MR) is 208 cm³/mol. The third-order valence-corrected chi connectivity index (χ3v) is 11.1. The SMILES string of the molecule is C1CC2CCOC2O1.CC.CCCN(CC(OC)[C@H](Cc1ccc(OCC2=CSC(C)N2)cc1)NC(=O)O)S(=O)(=O)c1ccc(O)c(OC)c1.NCC=O. The van der Waals surface area contributed by atoms with E-state index in [1.165, 1.54) is 49.6 Å². The molecule has 2 aromatic carbocycles. The van der Waals surface area contributed by atoms with E-state index in [1.54, 1.807) is 11.8 Å². The number of phenolic OH excluding ortho intramolecular Hbond substituents is 1. The minimum atomic E-state index is -4.02. The fourth-order valence-electron chi connectivity index (χ4n) is 5.66. The lowest BCUT2D eigenvalue weighted by Crippen LogP contribution is -2.51. The Bertz CT molecular complexity index is 1530. The van der Waals surface area contributed by atoms with Crippen molar-refractivity contribution in [2.45, 2.75) is 82.1 Å². The van der Waals surface area contributed by atoms with Gasteiger partial charge in [-0.1, -0.05) is 32.9 Å². The van der Waals surface area contributed by atoms with Gasteiger partial charge in [0.05, 0.1) is 48.4 Å². The van der Waals surface area contributed by atoms with E-state index < -0.39 is 28.3 Å². The molecule has 0 aromatic heterocycles. The molecule has 2 fully saturated rings. The van der Waals surface area contributed by atoms with Gasteiger partial charge in [0, 0.05) is 38.7 Å². The molecule has 3 atom stereocenters. The van der Waals surface area contributed by atoms with Gasteiger partial charge in [-0.05, 0) is 67.8 Å². The number of carbonyl (C=O) groups excluding carboxylic acids is 1. The highest BCUT2D eigenvalue weighted by atomic mass is 32.2. The van der Waals surface area contributed by atoms with Crippen LogP contribution >= 0.6 is 11.8 Å². The molecule has 304 valence electrons. The topological polar surface area (TPSA) is 208 Å². The molecule has 0 bridgehead atoms. The monoisotopic (exact) mass is 798 g/mol. The molecule has 2 aromatic rings. The highest BCUT2D eigenvalue weighted by molar-refractivity contribution is 8.02. The second-order valence-corrected chi connectivity index (χ2v) is 15.2. The first-order valence-corrected chi connectivity index (χ1v) is 20.4. The van der Waals surface area contributed by atoms with Gasteiger partial charge < -0.3 is 55.1 Å². The van der Waals surface area contributed by atoms with E-state index in [0.717, 1.165) is 30.4 Å². The van der Waals surface area contributed by atoms with Crippen LogP contribution in [0.15, 0.2) is 58.5 Å². The second-order valence-electron chi connectivity index (χ2n) is 12.1. The van der Waals surface area contributed by atoms with Crippen molar-refractivity contribution in [3.05, 3.63) is 59.1 Å². The van der Waals surface area contributed by atoms with Crippen LogP contribution < -0.4 is 25.8 Å². The van der Waals surface area contributed by atoms with Gasteiger partial charge in [0.1, 0.15) is 18.6 Å². The van der Waals surface area contributed by atoms with Gasteiger partial charge in [-0.2, -0.15) is 4.31 Å². The molecule has 6 N–H and O–H groups in total. The fourth-order valence-corrected chi connectivity index (χ4v) is 7.95. The number of aldehydes is 1. The van der Waals surface area contributed by atoms with Crippen LogP contribution in [0.2, 0.25) is 0 Å². The number of nitrogens with zero attached hydrogens (tertiary/aromatic N) is 1. The summed E-state index contributed by atoms with van der Waals surface area (Å²) in [7, 11) is -1.26. The Balaban J connectivity index is 0.000000600. The zero-order chi connectivity index (χ0) is 40.1.